The van der Waals surface area contributed by atoms with Crippen LogP contribution in [0.5, 0.6) is 0 Å². The number of carbonyl (C=O) groups is 1. The third kappa shape index (κ3) is 3.70. The predicted octanol–water partition coefficient (Wildman–Crippen LogP) is 3.95. The zero-order valence-electron chi connectivity index (χ0n) is 14.8. The van der Waals surface area contributed by atoms with Crippen LogP contribution in [0.3, 0.4) is 0 Å². The van der Waals surface area contributed by atoms with Gasteiger partial charge in [-0.3, -0.25) is 4.79 Å². The second kappa shape index (κ2) is 6.19. The normalized spacial score (nSPS) is 15.4. The lowest BCUT2D eigenvalue weighted by Crippen LogP contribution is -2.50. The number of anilines is 3. The molecule has 0 saturated heterocycles. The Balaban J connectivity index is 1.76. The fourth-order valence-electron chi connectivity index (χ4n) is 3.38. The second-order valence-corrected chi connectivity index (χ2v) is 7.31. The molecule has 2 N–H and O–H groups in total. The standard InChI is InChI=1S/C20H25N3O/c1-14-9-15(2)11-16(10-14)21-19(24)12-23-13-20(3,4)22-17-7-5-6-8-18(17)23/h5-11,22H,12-13H2,1-4H3,(H,21,24). The van der Waals surface area contributed by atoms with Crippen molar-refractivity contribution in [3.05, 3.63) is 53.6 Å². The summed E-state index contributed by atoms with van der Waals surface area (Å²) < 4.78 is 0. The fourth-order valence-corrected chi connectivity index (χ4v) is 3.38. The average Bonchev–Trinajstić information content (AvgIpc) is 2.44. The molecule has 1 heterocycles. The van der Waals surface area contributed by atoms with Crippen molar-refractivity contribution in [3.8, 4) is 0 Å². The molecule has 2 aromatic carbocycles. The van der Waals surface area contributed by atoms with E-state index in [1.165, 1.54) is 0 Å². The molecule has 1 aliphatic heterocycles. The molecule has 2 aromatic rings. The number of amides is 1. The van der Waals surface area contributed by atoms with E-state index in [9.17, 15) is 4.79 Å². The van der Waals surface area contributed by atoms with Crippen molar-refractivity contribution in [1.29, 1.82) is 0 Å². The van der Waals surface area contributed by atoms with Crippen LogP contribution in [0.25, 0.3) is 0 Å². The van der Waals surface area contributed by atoms with E-state index >= 15 is 0 Å². The van der Waals surface area contributed by atoms with E-state index in [1.54, 1.807) is 0 Å². The lowest BCUT2D eigenvalue weighted by Gasteiger charge is -2.41. The van der Waals surface area contributed by atoms with Gasteiger partial charge in [-0.05, 0) is 63.1 Å². The summed E-state index contributed by atoms with van der Waals surface area (Å²) >= 11 is 0. The Morgan fingerprint density at radius 2 is 1.83 bits per heavy atom. The van der Waals surface area contributed by atoms with E-state index in [1.807, 2.05) is 38.1 Å². The third-order valence-corrected chi connectivity index (χ3v) is 4.14. The number of hydrogen-bond acceptors (Lipinski definition) is 3. The Bertz CT molecular complexity index is 747. The molecule has 0 saturated carbocycles. The van der Waals surface area contributed by atoms with Crippen LogP contribution in [-0.4, -0.2) is 24.5 Å². The summed E-state index contributed by atoms with van der Waals surface area (Å²) in [7, 11) is 0. The molecule has 0 atom stereocenters. The highest BCUT2D eigenvalue weighted by Gasteiger charge is 2.30. The molecule has 24 heavy (non-hydrogen) atoms. The first-order valence-electron chi connectivity index (χ1n) is 8.33. The van der Waals surface area contributed by atoms with Crippen LogP contribution in [0, 0.1) is 13.8 Å². The smallest absolute Gasteiger partial charge is 0.243 e. The van der Waals surface area contributed by atoms with E-state index < -0.39 is 0 Å². The topological polar surface area (TPSA) is 44.4 Å². The summed E-state index contributed by atoms with van der Waals surface area (Å²) in [4.78, 5) is 14.7. The summed E-state index contributed by atoms with van der Waals surface area (Å²) in [6.45, 7) is 9.50. The monoisotopic (exact) mass is 323 g/mol. The van der Waals surface area contributed by atoms with Crippen LogP contribution in [0.4, 0.5) is 17.1 Å². The van der Waals surface area contributed by atoms with Crippen molar-refractivity contribution in [3.63, 3.8) is 0 Å². The van der Waals surface area contributed by atoms with Gasteiger partial charge in [0.1, 0.15) is 0 Å². The van der Waals surface area contributed by atoms with Crippen LogP contribution in [0.2, 0.25) is 0 Å². The molecule has 4 heteroatoms. The van der Waals surface area contributed by atoms with Crippen molar-refractivity contribution in [2.24, 2.45) is 0 Å². The minimum atomic E-state index is -0.0748. The zero-order valence-corrected chi connectivity index (χ0v) is 14.8. The van der Waals surface area contributed by atoms with Gasteiger partial charge >= 0.3 is 0 Å². The van der Waals surface area contributed by atoms with E-state index in [0.717, 1.165) is 34.7 Å². The Morgan fingerprint density at radius 3 is 2.54 bits per heavy atom. The first-order valence-corrected chi connectivity index (χ1v) is 8.33. The molecule has 1 aliphatic rings. The number of para-hydroxylation sites is 2. The Morgan fingerprint density at radius 1 is 1.17 bits per heavy atom. The van der Waals surface area contributed by atoms with Crippen molar-refractivity contribution in [2.45, 2.75) is 33.2 Å². The van der Waals surface area contributed by atoms with Gasteiger partial charge < -0.3 is 15.5 Å². The third-order valence-electron chi connectivity index (χ3n) is 4.14. The first kappa shape index (κ1) is 16.4. The summed E-state index contributed by atoms with van der Waals surface area (Å²) in [5, 5.41) is 6.56. The maximum atomic E-state index is 12.6. The number of fused-ring (bicyclic) bond motifs is 1. The molecule has 0 radical (unpaired) electrons. The van der Waals surface area contributed by atoms with Crippen LogP contribution in [0.15, 0.2) is 42.5 Å². The van der Waals surface area contributed by atoms with Gasteiger partial charge in [-0.2, -0.15) is 0 Å². The minimum Gasteiger partial charge on any atom is -0.377 e. The van der Waals surface area contributed by atoms with Crippen LogP contribution in [-0.2, 0) is 4.79 Å². The predicted molar refractivity (Wildman–Crippen MR) is 101 cm³/mol. The van der Waals surface area contributed by atoms with Crippen LogP contribution >= 0.6 is 0 Å². The fraction of sp³-hybridized carbons (Fsp3) is 0.350. The molecule has 1 amide bonds. The number of benzene rings is 2. The van der Waals surface area contributed by atoms with Gasteiger partial charge in [-0.15, -0.1) is 0 Å². The zero-order chi connectivity index (χ0) is 17.3. The summed E-state index contributed by atoms with van der Waals surface area (Å²) in [5.74, 6) is 0.00695. The van der Waals surface area contributed by atoms with E-state index in [0.29, 0.717) is 6.54 Å². The van der Waals surface area contributed by atoms with Crippen LogP contribution < -0.4 is 15.5 Å². The van der Waals surface area contributed by atoms with Gasteiger partial charge in [0.25, 0.3) is 0 Å². The molecule has 4 nitrogen and oxygen atoms in total. The molecule has 0 aromatic heterocycles. The van der Waals surface area contributed by atoms with Gasteiger partial charge in [-0.25, -0.2) is 0 Å². The molecule has 0 unspecified atom stereocenters. The maximum Gasteiger partial charge on any atom is 0.243 e. The number of nitrogens with zero attached hydrogens (tertiary/aromatic N) is 1. The van der Waals surface area contributed by atoms with Crippen molar-refractivity contribution in [1.82, 2.24) is 0 Å². The molecule has 0 aliphatic carbocycles. The van der Waals surface area contributed by atoms with Gasteiger partial charge in [0, 0.05) is 17.8 Å². The Hall–Kier alpha value is -2.49. The van der Waals surface area contributed by atoms with E-state index in [-0.39, 0.29) is 11.4 Å². The quantitative estimate of drug-likeness (QED) is 0.899. The number of carbonyl (C=O) groups excluding carboxylic acids is 1. The van der Waals surface area contributed by atoms with Gasteiger partial charge in [-0.1, -0.05) is 18.2 Å². The highest BCUT2D eigenvalue weighted by Crippen LogP contribution is 2.33. The lowest BCUT2D eigenvalue weighted by molar-refractivity contribution is -0.115. The molecular formula is C20H25N3O. The van der Waals surface area contributed by atoms with E-state index in [4.69, 9.17) is 0 Å². The highest BCUT2D eigenvalue weighted by atomic mass is 16.2. The second-order valence-electron chi connectivity index (χ2n) is 7.31. The summed E-state index contributed by atoms with van der Waals surface area (Å²) in [6, 6.07) is 14.2. The molecule has 0 fully saturated rings. The average molecular weight is 323 g/mol. The van der Waals surface area contributed by atoms with Gasteiger partial charge in [0.2, 0.25) is 5.91 Å². The summed E-state index contributed by atoms with van der Waals surface area (Å²) in [5.41, 5.74) is 5.24. The first-order chi connectivity index (χ1) is 11.3. The van der Waals surface area contributed by atoms with Crippen molar-refractivity contribution in [2.75, 3.05) is 28.6 Å². The molecular weight excluding hydrogens is 298 g/mol. The number of rotatable bonds is 3. The van der Waals surface area contributed by atoms with E-state index in [2.05, 4.69) is 47.6 Å². The van der Waals surface area contributed by atoms with Crippen LogP contribution in [0.1, 0.15) is 25.0 Å². The number of aryl methyl sites for hydroxylation is 2. The van der Waals surface area contributed by atoms with Gasteiger partial charge in [0.05, 0.1) is 17.9 Å². The molecule has 126 valence electrons. The molecule has 0 spiro atoms. The minimum absolute atomic E-state index is 0.00695. The van der Waals surface area contributed by atoms with Crippen molar-refractivity contribution >= 4 is 23.0 Å². The molecule has 3 rings (SSSR count). The lowest BCUT2D eigenvalue weighted by atomic mass is 9.99. The molecule has 0 bridgehead atoms. The van der Waals surface area contributed by atoms with Gasteiger partial charge in [0.15, 0.2) is 0 Å². The number of hydrogen-bond donors (Lipinski definition) is 2. The van der Waals surface area contributed by atoms with Crippen molar-refractivity contribution < 1.29 is 4.79 Å². The SMILES string of the molecule is Cc1cc(C)cc(NC(=O)CN2CC(C)(C)Nc3ccccc32)c1. The number of nitrogens with one attached hydrogen (secondary N) is 2. The largest absolute Gasteiger partial charge is 0.377 e. The highest BCUT2D eigenvalue weighted by molar-refractivity contribution is 5.95. The Kier molecular flexibility index (Phi) is 4.22. The summed E-state index contributed by atoms with van der Waals surface area (Å²) in [6.07, 6.45) is 0. The maximum absolute atomic E-state index is 12.6. The Labute approximate surface area is 143 Å².